The molecule has 5 rings (SSSR count). The van der Waals surface area contributed by atoms with E-state index >= 15 is 4.48 Å². The molecule has 1 N–H and O–H groups in total. The van der Waals surface area contributed by atoms with Crippen LogP contribution in [0.25, 0.3) is 22.4 Å². The van der Waals surface area contributed by atoms with Crippen LogP contribution in [0.2, 0.25) is 0 Å². The van der Waals surface area contributed by atoms with Gasteiger partial charge in [0, 0.05) is 17.5 Å². The maximum Gasteiger partial charge on any atom is 0.297 e. The van der Waals surface area contributed by atoms with E-state index in [4.69, 9.17) is 4.42 Å². The van der Waals surface area contributed by atoms with E-state index in [0.29, 0.717) is 17.8 Å². The van der Waals surface area contributed by atoms with Gasteiger partial charge in [-0.15, -0.1) is 0 Å². The third-order valence-electron chi connectivity index (χ3n) is 6.69. The number of nitrogens with zero attached hydrogens (tertiary/aromatic N) is 4. The van der Waals surface area contributed by atoms with Crippen LogP contribution in [0.3, 0.4) is 0 Å². The molecule has 0 saturated carbocycles. The topological polar surface area (TPSA) is 136 Å². The number of amides is 1. The number of aliphatic hydroxyl groups excluding tert-OH is 1. The quantitative estimate of drug-likeness (QED) is 0.232. The normalized spacial score (nSPS) is 11.6. The van der Waals surface area contributed by atoms with E-state index in [1.165, 1.54) is 47.0 Å². The molecule has 0 saturated heterocycles. The van der Waals surface area contributed by atoms with Gasteiger partial charge in [0.15, 0.2) is 5.52 Å². The first-order valence-corrected chi connectivity index (χ1v) is 14.7. The van der Waals surface area contributed by atoms with Gasteiger partial charge in [-0.25, -0.2) is 4.98 Å². The Morgan fingerprint density at radius 2 is 1.69 bits per heavy atom. The van der Waals surface area contributed by atoms with Crippen molar-refractivity contribution in [1.29, 1.82) is 0 Å². The Bertz CT molecular complexity index is 1900. The maximum atomic E-state index is 15.1. The van der Waals surface area contributed by atoms with Gasteiger partial charge in [-0.1, -0.05) is 83.0 Å². The Hall–Kier alpha value is -4.68. The number of hydrogen-bond acceptors (Lipinski definition) is 8. The number of carbonyl (C=O) groups is 1. The van der Waals surface area contributed by atoms with Crippen molar-refractivity contribution < 1.29 is 27.2 Å². The Kier molecular flexibility index (Phi) is 8.27. The molecule has 5 aromatic rings. The van der Waals surface area contributed by atoms with Crippen LogP contribution in [0.15, 0.2) is 93.0 Å². The number of hydrogen-bond donors (Lipinski definition) is 1. The zero-order valence-electron chi connectivity index (χ0n) is 22.6. The number of unbranched alkanes of at least 4 members (excludes halogenated alkanes) is 1. The fraction of sp³-hybridized carbons (Fsp3) is 0.200. The predicted molar refractivity (Wildman–Crippen MR) is 152 cm³/mol. The van der Waals surface area contributed by atoms with Crippen LogP contribution in [0.1, 0.15) is 47.4 Å². The summed E-state index contributed by atoms with van der Waals surface area (Å²) < 4.78 is 47.6. The number of rotatable bonds is 10. The van der Waals surface area contributed by atoms with Gasteiger partial charge in [-0.2, -0.15) is 13.4 Å². The minimum absolute atomic E-state index is 0.00377. The number of sulfonamides is 1. The average Bonchev–Trinajstić information content (AvgIpc) is 3.45. The molecule has 1 amide bonds. The smallest absolute Gasteiger partial charge is 0.297 e. The Morgan fingerprint density at radius 3 is 2.38 bits per heavy atom. The van der Waals surface area contributed by atoms with Crippen molar-refractivity contribution >= 4 is 27.2 Å². The van der Waals surface area contributed by atoms with Gasteiger partial charge in [0.2, 0.25) is 5.89 Å². The number of oxazole rings is 1. The van der Waals surface area contributed by atoms with Gasteiger partial charge in [0.1, 0.15) is 12.4 Å². The van der Waals surface area contributed by atoms with Gasteiger partial charge < -0.3 is 9.52 Å². The van der Waals surface area contributed by atoms with E-state index in [9.17, 15) is 23.1 Å². The average molecular weight is 591 g/mol. The number of aliphatic hydroxyl groups is 1. The van der Waals surface area contributed by atoms with Crippen molar-refractivity contribution in [1.82, 2.24) is 19.1 Å². The van der Waals surface area contributed by atoms with E-state index in [0.717, 1.165) is 18.4 Å². The van der Waals surface area contributed by atoms with Crippen molar-refractivity contribution in [2.75, 3.05) is 0 Å². The lowest BCUT2D eigenvalue weighted by Gasteiger charge is -2.16. The molecular weight excluding hydrogens is 563 g/mol. The second kappa shape index (κ2) is 12.0. The monoisotopic (exact) mass is 590 g/mol. The highest BCUT2D eigenvalue weighted by Crippen LogP contribution is 2.31. The van der Waals surface area contributed by atoms with E-state index in [1.807, 2.05) is 6.92 Å². The largest absolute Gasteiger partial charge is 0.419 e. The third kappa shape index (κ3) is 5.58. The highest BCUT2D eigenvalue weighted by Gasteiger charge is 2.33. The molecule has 0 aliphatic heterocycles. The van der Waals surface area contributed by atoms with Crippen LogP contribution in [0.4, 0.5) is 4.48 Å². The molecule has 0 spiro atoms. The van der Waals surface area contributed by atoms with Crippen molar-refractivity contribution in [2.45, 2.75) is 44.2 Å². The first-order valence-electron chi connectivity index (χ1n) is 13.2. The van der Waals surface area contributed by atoms with Crippen LogP contribution in [0.5, 0.6) is 0 Å². The highest BCUT2D eigenvalue weighted by atomic mass is 32.2. The molecule has 0 radical (unpaired) electrons. The molecule has 0 aliphatic carbocycles. The SMILES string of the molecule is CCCCc1nc2oc(CO)nc2c(=O)n1Cc1ccc(-c2ccccc2S(=O)(=O)N(F)C(=O)c2ccccc2)cc1. The summed E-state index contributed by atoms with van der Waals surface area (Å²) in [4.78, 5) is 34.0. The van der Waals surface area contributed by atoms with Gasteiger partial charge in [-0.05, 0) is 35.7 Å². The molecule has 3 aromatic carbocycles. The summed E-state index contributed by atoms with van der Waals surface area (Å²) in [5, 5.41) is 9.37. The van der Waals surface area contributed by atoms with Crippen LogP contribution < -0.4 is 5.56 Å². The molecule has 10 nitrogen and oxygen atoms in total. The van der Waals surface area contributed by atoms with E-state index in [2.05, 4.69) is 9.97 Å². The zero-order valence-corrected chi connectivity index (χ0v) is 23.4. The minimum Gasteiger partial charge on any atom is -0.419 e. The lowest BCUT2D eigenvalue weighted by atomic mass is 10.0. The van der Waals surface area contributed by atoms with Gasteiger partial charge >= 0.3 is 0 Å². The molecule has 2 heterocycles. The van der Waals surface area contributed by atoms with Gasteiger partial charge in [0.05, 0.1) is 11.4 Å². The summed E-state index contributed by atoms with van der Waals surface area (Å²) >= 11 is 0. The number of halogens is 1. The van der Waals surface area contributed by atoms with Crippen LogP contribution >= 0.6 is 0 Å². The third-order valence-corrected chi connectivity index (χ3v) is 8.19. The van der Waals surface area contributed by atoms with Crippen molar-refractivity contribution in [3.63, 3.8) is 0 Å². The predicted octanol–water partition coefficient (Wildman–Crippen LogP) is 4.65. The Balaban J connectivity index is 1.47. The lowest BCUT2D eigenvalue weighted by molar-refractivity contribution is 0.0588. The Labute approximate surface area is 240 Å². The number of aryl methyl sites for hydroxylation is 1. The second-order valence-electron chi connectivity index (χ2n) is 9.53. The molecule has 216 valence electrons. The number of carbonyl (C=O) groups excluding carboxylic acids is 1. The molecule has 0 aliphatic rings. The zero-order chi connectivity index (χ0) is 29.9. The molecule has 0 fully saturated rings. The maximum absolute atomic E-state index is 15.1. The lowest BCUT2D eigenvalue weighted by Crippen LogP contribution is -2.30. The number of aromatic nitrogens is 3. The van der Waals surface area contributed by atoms with Gasteiger partial charge in [-0.3, -0.25) is 14.2 Å². The summed E-state index contributed by atoms with van der Waals surface area (Å²) in [6.07, 6.45) is 2.21. The van der Waals surface area contributed by atoms with Crippen LogP contribution in [-0.2, 0) is 29.6 Å². The molecular formula is C30H27FN4O6S. The second-order valence-corrected chi connectivity index (χ2v) is 11.2. The first-order chi connectivity index (χ1) is 20.2. The van der Waals surface area contributed by atoms with Crippen molar-refractivity contribution in [3.8, 4) is 11.1 Å². The molecule has 12 heteroatoms. The van der Waals surface area contributed by atoms with Gasteiger partial charge in [0.25, 0.3) is 27.2 Å². The van der Waals surface area contributed by atoms with Crippen molar-refractivity contribution in [2.24, 2.45) is 0 Å². The fourth-order valence-corrected chi connectivity index (χ4v) is 5.74. The molecule has 0 bridgehead atoms. The van der Waals surface area contributed by atoms with E-state index in [1.54, 1.807) is 36.4 Å². The minimum atomic E-state index is -4.84. The highest BCUT2D eigenvalue weighted by molar-refractivity contribution is 7.89. The molecule has 0 atom stereocenters. The Morgan fingerprint density at radius 1 is 1.00 bits per heavy atom. The first kappa shape index (κ1) is 28.8. The van der Waals surface area contributed by atoms with Crippen LogP contribution in [-0.4, -0.2) is 38.5 Å². The molecule has 2 aromatic heterocycles. The number of benzene rings is 3. The van der Waals surface area contributed by atoms with E-state index < -0.39 is 32.6 Å². The van der Waals surface area contributed by atoms with E-state index in [-0.39, 0.29) is 39.7 Å². The fourth-order valence-electron chi connectivity index (χ4n) is 4.53. The summed E-state index contributed by atoms with van der Waals surface area (Å²) in [5.74, 6) is -0.778. The standard InChI is InChI=1S/C30H27FN4O6S/c1-2-3-13-25-32-28-27(33-26(19-36)41-28)30(38)34(25)18-20-14-16-21(17-15-20)23-11-7-8-12-24(23)42(39,40)35(31)29(37)22-9-5-4-6-10-22/h4-12,14-17,36H,2-3,13,18-19H2,1H3. The molecule has 42 heavy (non-hydrogen) atoms. The molecule has 0 unspecified atom stereocenters. The summed E-state index contributed by atoms with van der Waals surface area (Å²) in [6, 6.07) is 19.9. The van der Waals surface area contributed by atoms with Crippen molar-refractivity contribution in [3.05, 3.63) is 112 Å². The number of fused-ring (bicyclic) bond motifs is 1. The summed E-state index contributed by atoms with van der Waals surface area (Å²) in [6.45, 7) is 1.72. The summed E-state index contributed by atoms with van der Waals surface area (Å²) in [7, 11) is -4.84. The summed E-state index contributed by atoms with van der Waals surface area (Å²) in [5.41, 5.74) is 0.983. The van der Waals surface area contributed by atoms with Crippen LogP contribution in [0, 0.1) is 0 Å².